The minimum Gasteiger partial charge on any atom is -0.476 e. The van der Waals surface area contributed by atoms with Gasteiger partial charge < -0.3 is 9.64 Å². The molecule has 0 atom stereocenters. The average Bonchev–Trinajstić information content (AvgIpc) is 3.13. The topological polar surface area (TPSA) is 66.9 Å². The van der Waals surface area contributed by atoms with Crippen molar-refractivity contribution in [3.63, 3.8) is 0 Å². The van der Waals surface area contributed by atoms with E-state index in [9.17, 15) is 14.4 Å². The van der Waals surface area contributed by atoms with E-state index in [1.165, 1.54) is 4.90 Å². The number of nitrogens with zero attached hydrogens (tertiary/aromatic N) is 2. The van der Waals surface area contributed by atoms with Crippen LogP contribution in [0.2, 0.25) is 0 Å². The van der Waals surface area contributed by atoms with Gasteiger partial charge in [-0.05, 0) is 51.3 Å². The molecule has 0 aliphatic carbocycles. The van der Waals surface area contributed by atoms with Crippen LogP contribution in [0, 0.1) is 0 Å². The molecule has 2 aliphatic heterocycles. The van der Waals surface area contributed by atoms with Crippen LogP contribution in [0.5, 0.6) is 5.75 Å². The molecule has 3 rings (SSSR count). The molecule has 0 radical (unpaired) electrons. The van der Waals surface area contributed by atoms with Crippen LogP contribution < -0.4 is 9.64 Å². The predicted molar refractivity (Wildman–Crippen MR) is 98.6 cm³/mol. The maximum Gasteiger partial charge on any atom is 0.271 e. The van der Waals surface area contributed by atoms with Gasteiger partial charge in [-0.15, -0.1) is 0 Å². The van der Waals surface area contributed by atoms with Crippen LogP contribution in [-0.2, 0) is 9.59 Å². The number of Topliss-reactive ketones (excluding diaryl/α,β-unsaturated/α-hetero) is 1. The summed E-state index contributed by atoms with van der Waals surface area (Å²) in [6.07, 6.45) is 3.21. The van der Waals surface area contributed by atoms with Gasteiger partial charge in [0.05, 0.1) is 5.69 Å². The highest BCUT2D eigenvalue weighted by Crippen LogP contribution is 2.38. The monoisotopic (exact) mass is 358 g/mol. The number of hydrogen-bond acceptors (Lipinski definition) is 4. The van der Waals surface area contributed by atoms with Gasteiger partial charge >= 0.3 is 0 Å². The van der Waals surface area contributed by atoms with Gasteiger partial charge in [0, 0.05) is 25.1 Å². The molecule has 6 heteroatoms. The standard InChI is InChI=1S/C20H26N2O4/c1-4-7-16(23)14-8-9-17-15(12-14)22(19(25)20(2,3)26-17)13-18(24)21-10-5-6-11-21/h8-9,12H,4-7,10-11,13H2,1-3H3. The summed E-state index contributed by atoms with van der Waals surface area (Å²) >= 11 is 0. The Kier molecular flexibility index (Phi) is 5.03. The maximum atomic E-state index is 12.9. The molecular formula is C20H26N2O4. The van der Waals surface area contributed by atoms with E-state index < -0.39 is 5.60 Å². The fourth-order valence-electron chi connectivity index (χ4n) is 3.47. The summed E-state index contributed by atoms with van der Waals surface area (Å²) in [5.74, 6) is 0.220. The molecule has 6 nitrogen and oxygen atoms in total. The summed E-state index contributed by atoms with van der Waals surface area (Å²) in [5.41, 5.74) is -0.00287. The molecule has 1 aromatic carbocycles. The summed E-state index contributed by atoms with van der Waals surface area (Å²) in [6, 6.07) is 5.13. The largest absolute Gasteiger partial charge is 0.476 e. The van der Waals surface area contributed by atoms with Crippen LogP contribution in [0.25, 0.3) is 0 Å². The van der Waals surface area contributed by atoms with Crippen molar-refractivity contribution < 1.29 is 19.1 Å². The zero-order chi connectivity index (χ0) is 18.9. The number of carbonyl (C=O) groups excluding carboxylic acids is 3. The van der Waals surface area contributed by atoms with Crippen molar-refractivity contribution in [3.05, 3.63) is 23.8 Å². The lowest BCUT2D eigenvalue weighted by Crippen LogP contribution is -2.55. The van der Waals surface area contributed by atoms with Crippen LogP contribution in [0.15, 0.2) is 18.2 Å². The van der Waals surface area contributed by atoms with Gasteiger partial charge in [0.15, 0.2) is 11.4 Å². The molecule has 2 heterocycles. The second-order valence-electron chi connectivity index (χ2n) is 7.45. The number of ether oxygens (including phenoxy) is 1. The Hall–Kier alpha value is -2.37. The Morgan fingerprint density at radius 2 is 1.88 bits per heavy atom. The second kappa shape index (κ2) is 7.09. The third kappa shape index (κ3) is 3.45. The molecule has 0 spiro atoms. The highest BCUT2D eigenvalue weighted by Gasteiger charge is 2.42. The average molecular weight is 358 g/mol. The minimum absolute atomic E-state index is 0.0238. The summed E-state index contributed by atoms with van der Waals surface area (Å²) in [7, 11) is 0. The molecule has 1 saturated heterocycles. The Balaban J connectivity index is 1.94. The summed E-state index contributed by atoms with van der Waals surface area (Å²) < 4.78 is 5.84. The third-order valence-corrected chi connectivity index (χ3v) is 4.93. The number of hydrogen-bond donors (Lipinski definition) is 0. The van der Waals surface area contributed by atoms with E-state index in [0.717, 1.165) is 32.4 Å². The van der Waals surface area contributed by atoms with E-state index in [4.69, 9.17) is 4.74 Å². The molecule has 0 saturated carbocycles. The highest BCUT2D eigenvalue weighted by atomic mass is 16.5. The van der Waals surface area contributed by atoms with Gasteiger partial charge in [0.1, 0.15) is 12.3 Å². The number of benzene rings is 1. The molecule has 0 bridgehead atoms. The van der Waals surface area contributed by atoms with E-state index in [-0.39, 0.29) is 24.1 Å². The van der Waals surface area contributed by atoms with Crippen molar-refractivity contribution in [2.24, 2.45) is 0 Å². The Labute approximate surface area is 154 Å². The molecule has 140 valence electrons. The first kappa shape index (κ1) is 18.4. The van der Waals surface area contributed by atoms with Crippen molar-refractivity contribution >= 4 is 23.3 Å². The Morgan fingerprint density at radius 1 is 1.19 bits per heavy atom. The van der Waals surface area contributed by atoms with Gasteiger partial charge in [-0.25, -0.2) is 0 Å². The maximum absolute atomic E-state index is 12.9. The van der Waals surface area contributed by atoms with E-state index in [1.54, 1.807) is 36.9 Å². The number of anilines is 1. The molecule has 0 N–H and O–H groups in total. The lowest BCUT2D eigenvalue weighted by Gasteiger charge is -2.39. The second-order valence-corrected chi connectivity index (χ2v) is 7.45. The van der Waals surface area contributed by atoms with Gasteiger partial charge in [-0.2, -0.15) is 0 Å². The molecular weight excluding hydrogens is 332 g/mol. The molecule has 1 aromatic rings. The van der Waals surface area contributed by atoms with Crippen molar-refractivity contribution in [3.8, 4) is 5.75 Å². The smallest absolute Gasteiger partial charge is 0.271 e. The predicted octanol–water partition coefficient (Wildman–Crippen LogP) is 2.80. The van der Waals surface area contributed by atoms with Crippen LogP contribution in [-0.4, -0.2) is 47.7 Å². The summed E-state index contributed by atoms with van der Waals surface area (Å²) in [6.45, 7) is 6.80. The van der Waals surface area contributed by atoms with Crippen molar-refractivity contribution in [2.45, 2.75) is 52.1 Å². The first-order chi connectivity index (χ1) is 12.3. The number of fused-ring (bicyclic) bond motifs is 1. The van der Waals surface area contributed by atoms with Crippen LogP contribution in [0.3, 0.4) is 0 Å². The number of amides is 2. The molecule has 0 aromatic heterocycles. The lowest BCUT2D eigenvalue weighted by atomic mass is 10.0. The molecule has 0 unspecified atom stereocenters. The fourth-order valence-corrected chi connectivity index (χ4v) is 3.47. The normalized spacial score (nSPS) is 18.5. The van der Waals surface area contributed by atoms with E-state index in [0.29, 0.717) is 23.4 Å². The zero-order valence-corrected chi connectivity index (χ0v) is 15.7. The van der Waals surface area contributed by atoms with Gasteiger partial charge in [0.25, 0.3) is 5.91 Å². The van der Waals surface area contributed by atoms with E-state index in [1.807, 2.05) is 6.92 Å². The quantitative estimate of drug-likeness (QED) is 0.759. The molecule has 2 amide bonds. The van der Waals surface area contributed by atoms with Crippen molar-refractivity contribution in [2.75, 3.05) is 24.5 Å². The van der Waals surface area contributed by atoms with Crippen molar-refractivity contribution in [1.82, 2.24) is 4.90 Å². The number of likely N-dealkylation sites (tertiary alicyclic amines) is 1. The van der Waals surface area contributed by atoms with E-state index in [2.05, 4.69) is 0 Å². The van der Waals surface area contributed by atoms with Crippen molar-refractivity contribution in [1.29, 1.82) is 0 Å². The minimum atomic E-state index is -1.05. The summed E-state index contributed by atoms with van der Waals surface area (Å²) in [5, 5.41) is 0. The van der Waals surface area contributed by atoms with Crippen LogP contribution >= 0.6 is 0 Å². The summed E-state index contributed by atoms with van der Waals surface area (Å²) in [4.78, 5) is 41.1. The van der Waals surface area contributed by atoms with Crippen LogP contribution in [0.1, 0.15) is 56.8 Å². The van der Waals surface area contributed by atoms with E-state index >= 15 is 0 Å². The van der Waals surface area contributed by atoms with Crippen LogP contribution in [0.4, 0.5) is 5.69 Å². The lowest BCUT2D eigenvalue weighted by molar-refractivity contribution is -0.136. The Bertz CT molecular complexity index is 735. The number of rotatable bonds is 5. The number of ketones is 1. The zero-order valence-electron chi connectivity index (χ0n) is 15.7. The highest BCUT2D eigenvalue weighted by molar-refractivity contribution is 6.07. The first-order valence-corrected chi connectivity index (χ1v) is 9.29. The molecule has 2 aliphatic rings. The number of carbonyl (C=O) groups is 3. The van der Waals surface area contributed by atoms with Gasteiger partial charge in [-0.3, -0.25) is 19.3 Å². The SMILES string of the molecule is CCCC(=O)c1ccc2c(c1)N(CC(=O)N1CCCC1)C(=O)C(C)(C)O2. The third-order valence-electron chi connectivity index (χ3n) is 4.93. The first-order valence-electron chi connectivity index (χ1n) is 9.29. The molecule has 26 heavy (non-hydrogen) atoms. The molecule has 1 fully saturated rings. The van der Waals surface area contributed by atoms with Gasteiger partial charge in [0.2, 0.25) is 5.91 Å². The Morgan fingerprint density at radius 3 is 2.54 bits per heavy atom. The fraction of sp³-hybridized carbons (Fsp3) is 0.550. The van der Waals surface area contributed by atoms with Gasteiger partial charge in [-0.1, -0.05) is 6.92 Å².